The molecule has 0 N–H and O–H groups in total. The number of esters is 1. The molecule has 0 unspecified atom stereocenters. The van der Waals surface area contributed by atoms with Crippen molar-refractivity contribution in [3.63, 3.8) is 0 Å². The lowest BCUT2D eigenvalue weighted by atomic mass is 10.1. The molecule has 3 aromatic rings. The first-order valence-electron chi connectivity index (χ1n) is 7.94. The van der Waals surface area contributed by atoms with Crippen molar-refractivity contribution >= 4 is 17.5 Å². The average Bonchev–Trinajstić information content (AvgIpc) is 3.05. The first kappa shape index (κ1) is 16.7. The van der Waals surface area contributed by atoms with Crippen LogP contribution in [-0.4, -0.2) is 39.8 Å². The summed E-state index contributed by atoms with van der Waals surface area (Å²) < 4.78 is 6.83. The van der Waals surface area contributed by atoms with Gasteiger partial charge >= 0.3 is 5.97 Å². The second kappa shape index (κ2) is 7.17. The number of nitrogens with zero attached hydrogens (tertiary/aromatic N) is 3. The van der Waals surface area contributed by atoms with E-state index in [1.165, 1.54) is 0 Å². The molecule has 6 heteroatoms. The third-order valence-corrected chi connectivity index (χ3v) is 3.99. The number of aromatic nitrogens is 2. The van der Waals surface area contributed by atoms with Gasteiger partial charge in [0.05, 0.1) is 0 Å². The van der Waals surface area contributed by atoms with E-state index in [4.69, 9.17) is 4.74 Å². The first-order chi connectivity index (χ1) is 12.0. The fraction of sp³-hybridized carbons (Fsp3) is 0.211. The van der Waals surface area contributed by atoms with Gasteiger partial charge in [0.2, 0.25) is 0 Å². The first-order valence-corrected chi connectivity index (χ1v) is 7.94. The number of hydrogen-bond acceptors (Lipinski definition) is 4. The molecule has 1 aromatic carbocycles. The van der Waals surface area contributed by atoms with Crippen LogP contribution in [0, 0.1) is 6.92 Å². The van der Waals surface area contributed by atoms with Gasteiger partial charge in [-0.2, -0.15) is 0 Å². The Bertz CT molecular complexity index is 884. The SMILES string of the molecule is Cc1ccccc1CN(C)C(=O)COC(=O)c1cn2ccccc2n1. The third kappa shape index (κ3) is 3.85. The molecule has 0 radical (unpaired) electrons. The fourth-order valence-electron chi connectivity index (χ4n) is 2.48. The number of carbonyl (C=O) groups excluding carboxylic acids is 2. The lowest BCUT2D eigenvalue weighted by Crippen LogP contribution is -2.31. The molecule has 3 rings (SSSR count). The zero-order valence-electron chi connectivity index (χ0n) is 14.2. The number of rotatable bonds is 5. The Balaban J connectivity index is 1.57. The number of benzene rings is 1. The molecule has 1 amide bonds. The summed E-state index contributed by atoms with van der Waals surface area (Å²) in [5.74, 6) is -0.873. The minimum atomic E-state index is -0.610. The van der Waals surface area contributed by atoms with Crippen molar-refractivity contribution in [3.8, 4) is 0 Å². The van der Waals surface area contributed by atoms with Crippen molar-refractivity contribution in [2.75, 3.05) is 13.7 Å². The quantitative estimate of drug-likeness (QED) is 0.671. The van der Waals surface area contributed by atoms with Crippen LogP contribution in [0.25, 0.3) is 5.65 Å². The zero-order chi connectivity index (χ0) is 17.8. The van der Waals surface area contributed by atoms with Crippen molar-refractivity contribution in [2.45, 2.75) is 13.5 Å². The molecule has 0 aliphatic carbocycles. The molecule has 0 saturated heterocycles. The molecule has 6 nitrogen and oxygen atoms in total. The summed E-state index contributed by atoms with van der Waals surface area (Å²) >= 11 is 0. The van der Waals surface area contributed by atoms with E-state index in [9.17, 15) is 9.59 Å². The molecule has 2 heterocycles. The number of pyridine rings is 1. The van der Waals surface area contributed by atoms with Gasteiger partial charge in [0.1, 0.15) is 5.65 Å². The third-order valence-electron chi connectivity index (χ3n) is 3.99. The van der Waals surface area contributed by atoms with Crippen LogP contribution in [0.3, 0.4) is 0 Å². The highest BCUT2D eigenvalue weighted by molar-refractivity contribution is 5.90. The number of amides is 1. The van der Waals surface area contributed by atoms with Crippen LogP contribution in [0.1, 0.15) is 21.6 Å². The van der Waals surface area contributed by atoms with Crippen LogP contribution in [0.15, 0.2) is 54.9 Å². The van der Waals surface area contributed by atoms with Gasteiger partial charge in [-0.25, -0.2) is 9.78 Å². The van der Waals surface area contributed by atoms with E-state index in [0.29, 0.717) is 12.2 Å². The lowest BCUT2D eigenvalue weighted by Gasteiger charge is -2.18. The number of likely N-dealkylation sites (N-methyl/N-ethyl adjacent to an activating group) is 1. The van der Waals surface area contributed by atoms with E-state index < -0.39 is 5.97 Å². The smallest absolute Gasteiger partial charge is 0.359 e. The van der Waals surface area contributed by atoms with E-state index in [2.05, 4.69) is 4.98 Å². The summed E-state index contributed by atoms with van der Waals surface area (Å²) in [5, 5.41) is 0. The highest BCUT2D eigenvalue weighted by Crippen LogP contribution is 2.10. The van der Waals surface area contributed by atoms with Crippen LogP contribution in [0.4, 0.5) is 0 Å². The summed E-state index contributed by atoms with van der Waals surface area (Å²) in [4.78, 5) is 30.0. The van der Waals surface area contributed by atoms with Crippen LogP contribution in [0.2, 0.25) is 0 Å². The number of carbonyl (C=O) groups is 2. The standard InChI is InChI=1S/C19H19N3O3/c1-14-7-3-4-8-15(14)11-21(2)18(23)13-25-19(24)16-12-22-10-6-5-9-17(22)20-16/h3-10,12H,11,13H2,1-2H3. The summed E-state index contributed by atoms with van der Waals surface area (Å²) in [7, 11) is 1.69. The predicted molar refractivity (Wildman–Crippen MR) is 93.1 cm³/mol. The summed E-state index contributed by atoms with van der Waals surface area (Å²) in [5.41, 5.74) is 3.01. The van der Waals surface area contributed by atoms with Gasteiger partial charge in [-0.3, -0.25) is 4.79 Å². The highest BCUT2D eigenvalue weighted by atomic mass is 16.5. The molecule has 128 valence electrons. The van der Waals surface area contributed by atoms with Gasteiger partial charge < -0.3 is 14.0 Å². The monoisotopic (exact) mass is 337 g/mol. The Labute approximate surface area is 145 Å². The highest BCUT2D eigenvalue weighted by Gasteiger charge is 2.16. The minimum Gasteiger partial charge on any atom is -0.451 e. The fourth-order valence-corrected chi connectivity index (χ4v) is 2.48. The van der Waals surface area contributed by atoms with Crippen molar-refractivity contribution in [2.24, 2.45) is 0 Å². The van der Waals surface area contributed by atoms with E-state index in [0.717, 1.165) is 11.1 Å². The maximum atomic E-state index is 12.2. The number of hydrogen-bond donors (Lipinski definition) is 0. The van der Waals surface area contributed by atoms with Gasteiger partial charge in [-0.05, 0) is 30.2 Å². The van der Waals surface area contributed by atoms with Gasteiger partial charge in [-0.1, -0.05) is 30.3 Å². The van der Waals surface area contributed by atoms with E-state index in [1.54, 1.807) is 34.8 Å². The van der Waals surface area contributed by atoms with Crippen molar-refractivity contribution in [1.29, 1.82) is 0 Å². The lowest BCUT2D eigenvalue weighted by molar-refractivity contribution is -0.133. The summed E-state index contributed by atoms with van der Waals surface area (Å²) in [6.45, 7) is 2.16. The summed E-state index contributed by atoms with van der Waals surface area (Å²) in [6, 6.07) is 13.3. The molecular formula is C19H19N3O3. The minimum absolute atomic E-state index is 0.181. The van der Waals surface area contributed by atoms with Crippen molar-refractivity contribution in [1.82, 2.24) is 14.3 Å². The molecule has 0 fully saturated rings. The largest absolute Gasteiger partial charge is 0.451 e. The Kier molecular flexibility index (Phi) is 4.79. The van der Waals surface area contributed by atoms with E-state index in [-0.39, 0.29) is 18.2 Å². The average molecular weight is 337 g/mol. The maximum absolute atomic E-state index is 12.2. The van der Waals surface area contributed by atoms with Crippen molar-refractivity contribution < 1.29 is 14.3 Å². The van der Waals surface area contributed by atoms with Crippen LogP contribution < -0.4 is 0 Å². The Hall–Kier alpha value is -3.15. The second-order valence-corrected chi connectivity index (χ2v) is 5.84. The van der Waals surface area contributed by atoms with E-state index in [1.807, 2.05) is 43.3 Å². The topological polar surface area (TPSA) is 63.9 Å². The summed E-state index contributed by atoms with van der Waals surface area (Å²) in [6.07, 6.45) is 3.37. The predicted octanol–water partition coefficient (Wildman–Crippen LogP) is 2.46. The number of fused-ring (bicyclic) bond motifs is 1. The van der Waals surface area contributed by atoms with Crippen molar-refractivity contribution in [3.05, 3.63) is 71.7 Å². The van der Waals surface area contributed by atoms with Gasteiger partial charge in [0.15, 0.2) is 12.3 Å². The Morgan fingerprint density at radius 1 is 1.16 bits per heavy atom. The van der Waals surface area contributed by atoms with E-state index >= 15 is 0 Å². The molecule has 0 aliphatic heterocycles. The van der Waals surface area contributed by atoms with Crippen LogP contribution >= 0.6 is 0 Å². The molecule has 25 heavy (non-hydrogen) atoms. The molecule has 2 aromatic heterocycles. The van der Waals surface area contributed by atoms with Gasteiger partial charge in [-0.15, -0.1) is 0 Å². The molecular weight excluding hydrogens is 318 g/mol. The van der Waals surface area contributed by atoms with Crippen LogP contribution in [0.5, 0.6) is 0 Å². The number of aryl methyl sites for hydroxylation is 1. The number of imidazole rings is 1. The molecule has 0 bridgehead atoms. The second-order valence-electron chi connectivity index (χ2n) is 5.84. The molecule has 0 saturated carbocycles. The molecule has 0 aliphatic rings. The molecule has 0 spiro atoms. The Morgan fingerprint density at radius 3 is 2.68 bits per heavy atom. The van der Waals surface area contributed by atoms with Gasteiger partial charge in [0, 0.05) is 26.0 Å². The Morgan fingerprint density at radius 2 is 1.92 bits per heavy atom. The maximum Gasteiger partial charge on any atom is 0.359 e. The van der Waals surface area contributed by atoms with Gasteiger partial charge in [0.25, 0.3) is 5.91 Å². The number of ether oxygens (including phenoxy) is 1. The van der Waals surface area contributed by atoms with Crippen LogP contribution in [-0.2, 0) is 16.1 Å². The zero-order valence-corrected chi connectivity index (χ0v) is 14.2. The molecule has 0 atom stereocenters. The normalized spacial score (nSPS) is 10.6.